The standard InChI is InChI=1S/C12H15N5O2/c1-10-9-14-12(8-11(10)17(18)19)13-4-2-6-16-7-3-5-15-16/h3,5,7-9H,2,4,6H2,1H3,(H,13,14). The van der Waals surface area contributed by atoms with Gasteiger partial charge >= 0.3 is 0 Å². The van der Waals surface area contributed by atoms with Crippen molar-refractivity contribution in [3.63, 3.8) is 0 Å². The molecule has 0 atom stereocenters. The molecule has 2 aromatic rings. The van der Waals surface area contributed by atoms with Crippen molar-refractivity contribution in [1.82, 2.24) is 14.8 Å². The van der Waals surface area contributed by atoms with Crippen LogP contribution in [0, 0.1) is 17.0 Å². The van der Waals surface area contributed by atoms with Crippen LogP contribution in [0.15, 0.2) is 30.7 Å². The van der Waals surface area contributed by atoms with Crippen molar-refractivity contribution >= 4 is 11.5 Å². The van der Waals surface area contributed by atoms with E-state index in [1.807, 2.05) is 16.9 Å². The van der Waals surface area contributed by atoms with Gasteiger partial charge in [0.1, 0.15) is 5.82 Å². The second-order valence-electron chi connectivity index (χ2n) is 4.16. The maximum atomic E-state index is 10.8. The molecule has 0 spiro atoms. The van der Waals surface area contributed by atoms with Gasteiger partial charge in [0, 0.05) is 37.2 Å². The number of hydrogen-bond donors (Lipinski definition) is 1. The molecule has 2 aromatic heterocycles. The minimum Gasteiger partial charge on any atom is -0.370 e. The van der Waals surface area contributed by atoms with E-state index in [-0.39, 0.29) is 5.69 Å². The van der Waals surface area contributed by atoms with E-state index in [0.29, 0.717) is 17.9 Å². The molecule has 0 bridgehead atoms. The highest BCUT2D eigenvalue weighted by molar-refractivity contribution is 5.48. The monoisotopic (exact) mass is 261 g/mol. The first-order chi connectivity index (χ1) is 9.16. The van der Waals surface area contributed by atoms with Gasteiger partial charge in [0.05, 0.1) is 11.0 Å². The van der Waals surface area contributed by atoms with Crippen molar-refractivity contribution < 1.29 is 4.92 Å². The summed E-state index contributed by atoms with van der Waals surface area (Å²) in [6, 6.07) is 3.33. The van der Waals surface area contributed by atoms with Crippen molar-refractivity contribution in [1.29, 1.82) is 0 Å². The van der Waals surface area contributed by atoms with Crippen molar-refractivity contribution in [3.8, 4) is 0 Å². The summed E-state index contributed by atoms with van der Waals surface area (Å²) in [5.41, 5.74) is 0.650. The van der Waals surface area contributed by atoms with Crippen LogP contribution in [-0.2, 0) is 6.54 Å². The molecule has 0 radical (unpaired) electrons. The van der Waals surface area contributed by atoms with Gasteiger partial charge < -0.3 is 5.32 Å². The predicted octanol–water partition coefficient (Wildman–Crippen LogP) is 2.00. The van der Waals surface area contributed by atoms with Crippen LogP contribution >= 0.6 is 0 Å². The van der Waals surface area contributed by atoms with Crippen molar-refractivity contribution in [3.05, 3.63) is 46.4 Å². The Bertz CT molecular complexity index is 553. The highest BCUT2D eigenvalue weighted by atomic mass is 16.6. The Morgan fingerprint density at radius 3 is 3.05 bits per heavy atom. The number of nitrogens with zero attached hydrogens (tertiary/aromatic N) is 4. The molecule has 2 rings (SSSR count). The molecule has 0 aliphatic rings. The largest absolute Gasteiger partial charge is 0.370 e. The fourth-order valence-corrected chi connectivity index (χ4v) is 1.70. The smallest absolute Gasteiger partial charge is 0.277 e. The summed E-state index contributed by atoms with van der Waals surface area (Å²) in [5.74, 6) is 0.526. The molecule has 0 aliphatic heterocycles. The van der Waals surface area contributed by atoms with Crippen molar-refractivity contribution in [2.45, 2.75) is 19.9 Å². The Balaban J connectivity index is 1.86. The lowest BCUT2D eigenvalue weighted by Crippen LogP contribution is -2.08. The Labute approximate surface area is 110 Å². The van der Waals surface area contributed by atoms with E-state index in [0.717, 1.165) is 13.0 Å². The van der Waals surface area contributed by atoms with Gasteiger partial charge in [0.25, 0.3) is 5.69 Å². The Morgan fingerprint density at radius 1 is 1.53 bits per heavy atom. The quantitative estimate of drug-likeness (QED) is 0.488. The van der Waals surface area contributed by atoms with Crippen LogP contribution in [0.25, 0.3) is 0 Å². The molecule has 0 fully saturated rings. The molecule has 0 aromatic carbocycles. The fourth-order valence-electron chi connectivity index (χ4n) is 1.70. The topological polar surface area (TPSA) is 85.9 Å². The molecule has 0 aliphatic carbocycles. The maximum absolute atomic E-state index is 10.8. The summed E-state index contributed by atoms with van der Waals surface area (Å²) in [4.78, 5) is 14.5. The average Bonchev–Trinajstić information content (AvgIpc) is 2.89. The van der Waals surface area contributed by atoms with Gasteiger partial charge in [-0.1, -0.05) is 0 Å². The average molecular weight is 261 g/mol. The van der Waals surface area contributed by atoms with Gasteiger partial charge in [-0.2, -0.15) is 5.10 Å². The van der Waals surface area contributed by atoms with Crippen LogP contribution in [0.3, 0.4) is 0 Å². The van der Waals surface area contributed by atoms with E-state index in [4.69, 9.17) is 0 Å². The first kappa shape index (κ1) is 13.0. The molecule has 0 saturated carbocycles. The first-order valence-corrected chi connectivity index (χ1v) is 5.99. The third kappa shape index (κ3) is 3.51. The summed E-state index contributed by atoms with van der Waals surface area (Å²) in [7, 11) is 0. The van der Waals surface area contributed by atoms with Crippen LogP contribution in [-0.4, -0.2) is 26.2 Å². The van der Waals surface area contributed by atoms with Gasteiger partial charge in [-0.15, -0.1) is 0 Å². The highest BCUT2D eigenvalue weighted by Crippen LogP contribution is 2.19. The molecule has 0 amide bonds. The van der Waals surface area contributed by atoms with Gasteiger partial charge in [-0.05, 0) is 19.4 Å². The normalized spacial score (nSPS) is 10.4. The van der Waals surface area contributed by atoms with Gasteiger partial charge in [-0.3, -0.25) is 14.8 Å². The van der Waals surface area contributed by atoms with Crippen molar-refractivity contribution in [2.24, 2.45) is 0 Å². The number of pyridine rings is 1. The summed E-state index contributed by atoms with van der Waals surface area (Å²) in [5, 5.41) is 18.0. The molecule has 7 nitrogen and oxygen atoms in total. The molecule has 0 unspecified atom stereocenters. The molecular formula is C12H15N5O2. The molecule has 1 N–H and O–H groups in total. The lowest BCUT2D eigenvalue weighted by Gasteiger charge is -2.06. The molecule has 7 heteroatoms. The minimum absolute atomic E-state index is 0.0876. The van der Waals surface area contributed by atoms with Gasteiger partial charge in [0.2, 0.25) is 0 Å². The summed E-state index contributed by atoms with van der Waals surface area (Å²) >= 11 is 0. The van der Waals surface area contributed by atoms with Crippen LogP contribution in [0.4, 0.5) is 11.5 Å². The minimum atomic E-state index is -0.397. The van der Waals surface area contributed by atoms with Crippen LogP contribution < -0.4 is 5.32 Å². The summed E-state index contributed by atoms with van der Waals surface area (Å²) in [6.45, 7) is 3.16. The van der Waals surface area contributed by atoms with E-state index in [2.05, 4.69) is 15.4 Å². The molecule has 19 heavy (non-hydrogen) atoms. The number of aromatic nitrogens is 3. The number of nitro groups is 1. The SMILES string of the molecule is Cc1cnc(NCCCn2cccn2)cc1[N+](=O)[O-]. The Hall–Kier alpha value is -2.44. The maximum Gasteiger partial charge on any atom is 0.277 e. The number of anilines is 1. The number of hydrogen-bond acceptors (Lipinski definition) is 5. The van der Waals surface area contributed by atoms with E-state index >= 15 is 0 Å². The van der Waals surface area contributed by atoms with Gasteiger partial charge in [0.15, 0.2) is 0 Å². The molecular weight excluding hydrogens is 246 g/mol. The second-order valence-corrected chi connectivity index (χ2v) is 4.16. The fraction of sp³-hybridized carbons (Fsp3) is 0.333. The number of nitrogens with one attached hydrogen (secondary N) is 1. The lowest BCUT2D eigenvalue weighted by molar-refractivity contribution is -0.385. The van der Waals surface area contributed by atoms with Crippen LogP contribution in [0.1, 0.15) is 12.0 Å². The Kier molecular flexibility index (Phi) is 4.07. The molecule has 2 heterocycles. The van der Waals surface area contributed by atoms with E-state index in [1.54, 1.807) is 13.1 Å². The summed E-state index contributed by atoms with van der Waals surface area (Å²) < 4.78 is 1.84. The summed E-state index contributed by atoms with van der Waals surface area (Å²) in [6.07, 6.45) is 6.01. The zero-order valence-electron chi connectivity index (χ0n) is 10.6. The van der Waals surface area contributed by atoms with Crippen LogP contribution in [0.5, 0.6) is 0 Å². The zero-order valence-corrected chi connectivity index (χ0v) is 10.6. The van der Waals surface area contributed by atoms with E-state index in [1.165, 1.54) is 12.3 Å². The number of aryl methyl sites for hydroxylation is 2. The number of rotatable bonds is 6. The molecule has 0 saturated heterocycles. The lowest BCUT2D eigenvalue weighted by atomic mass is 10.2. The third-order valence-corrected chi connectivity index (χ3v) is 2.70. The zero-order chi connectivity index (χ0) is 13.7. The second kappa shape index (κ2) is 5.94. The first-order valence-electron chi connectivity index (χ1n) is 5.99. The third-order valence-electron chi connectivity index (χ3n) is 2.70. The van der Waals surface area contributed by atoms with Gasteiger partial charge in [-0.25, -0.2) is 4.98 Å². The van der Waals surface area contributed by atoms with E-state index < -0.39 is 4.92 Å². The highest BCUT2D eigenvalue weighted by Gasteiger charge is 2.11. The molecule has 100 valence electrons. The predicted molar refractivity (Wildman–Crippen MR) is 71.0 cm³/mol. The van der Waals surface area contributed by atoms with Crippen LogP contribution in [0.2, 0.25) is 0 Å². The Morgan fingerprint density at radius 2 is 2.37 bits per heavy atom. The van der Waals surface area contributed by atoms with E-state index in [9.17, 15) is 10.1 Å². The van der Waals surface area contributed by atoms with Crippen molar-refractivity contribution in [2.75, 3.05) is 11.9 Å².